The molecule has 0 saturated carbocycles. The lowest BCUT2D eigenvalue weighted by Gasteiger charge is -2.31. The zero-order valence-corrected chi connectivity index (χ0v) is 22.1. The first-order chi connectivity index (χ1) is 19.6. The molecule has 6 rings (SSSR count). The fourth-order valence-electron chi connectivity index (χ4n) is 5.52. The van der Waals surface area contributed by atoms with E-state index in [2.05, 4.69) is 0 Å². The Kier molecular flexibility index (Phi) is 6.24. The number of aromatic nitrogens is 2. The summed E-state index contributed by atoms with van der Waals surface area (Å²) in [6.07, 6.45) is 0.665. The summed E-state index contributed by atoms with van der Waals surface area (Å²) in [6.45, 7) is 2.02. The smallest absolute Gasteiger partial charge is 0.358 e. The number of esters is 1. The molecule has 210 valence electrons. The lowest BCUT2D eigenvalue weighted by molar-refractivity contribution is -0.384. The van der Waals surface area contributed by atoms with Crippen LogP contribution < -0.4 is 15.0 Å². The molecule has 0 aliphatic carbocycles. The maximum Gasteiger partial charge on any atom is 0.358 e. The Balaban J connectivity index is 1.35. The van der Waals surface area contributed by atoms with Crippen LogP contribution in [0.25, 0.3) is 22.3 Å². The molecule has 12 heteroatoms. The van der Waals surface area contributed by atoms with Gasteiger partial charge in [0, 0.05) is 28.6 Å². The maximum absolute atomic E-state index is 13.5. The van der Waals surface area contributed by atoms with Crippen molar-refractivity contribution in [2.24, 2.45) is 0 Å². The number of ether oxygens (including phenoxy) is 3. The van der Waals surface area contributed by atoms with Crippen LogP contribution in [-0.4, -0.2) is 37.1 Å². The second-order valence-corrected chi connectivity index (χ2v) is 9.85. The SMILES string of the molecule is CCc1c2c(nc3ccc(OC(O)Oc4ccc([N+](=O)[O-])cc4)cc13)-c1cc3c(c(=O)n1C2)COC(=O)C3(O)CC. The molecular formula is C29H25N3O9. The maximum atomic E-state index is 13.5. The molecule has 2 atom stereocenters. The largest absolute Gasteiger partial charge is 0.458 e. The van der Waals surface area contributed by atoms with Crippen molar-refractivity contribution >= 4 is 22.6 Å². The number of fused-ring (bicyclic) bond motifs is 5. The molecule has 2 N–H and O–H groups in total. The monoisotopic (exact) mass is 559 g/mol. The van der Waals surface area contributed by atoms with Crippen molar-refractivity contribution in [2.75, 3.05) is 0 Å². The molecular weight excluding hydrogens is 534 g/mol. The van der Waals surface area contributed by atoms with Crippen LogP contribution in [-0.2, 0) is 34.7 Å². The summed E-state index contributed by atoms with van der Waals surface area (Å²) in [5.41, 5.74) is 1.68. The van der Waals surface area contributed by atoms with Gasteiger partial charge in [-0.2, -0.15) is 0 Å². The van der Waals surface area contributed by atoms with E-state index in [0.29, 0.717) is 29.1 Å². The van der Waals surface area contributed by atoms with E-state index in [1.54, 1.807) is 35.8 Å². The third kappa shape index (κ3) is 4.19. The number of aryl methyl sites for hydroxylation is 1. The van der Waals surface area contributed by atoms with Gasteiger partial charge in [0.2, 0.25) is 0 Å². The van der Waals surface area contributed by atoms with Gasteiger partial charge in [0.25, 0.3) is 11.2 Å². The highest BCUT2D eigenvalue weighted by Gasteiger charge is 2.45. The fraction of sp³-hybridized carbons (Fsp3) is 0.276. The van der Waals surface area contributed by atoms with Gasteiger partial charge in [0.1, 0.15) is 18.1 Å². The van der Waals surface area contributed by atoms with E-state index in [9.17, 15) is 29.9 Å². The highest BCUT2D eigenvalue weighted by molar-refractivity contribution is 5.90. The van der Waals surface area contributed by atoms with E-state index in [1.165, 1.54) is 24.3 Å². The molecule has 2 aromatic heterocycles. The Morgan fingerprint density at radius 2 is 1.80 bits per heavy atom. The highest BCUT2D eigenvalue weighted by Crippen LogP contribution is 2.40. The summed E-state index contributed by atoms with van der Waals surface area (Å²) >= 11 is 0. The molecule has 0 spiro atoms. The van der Waals surface area contributed by atoms with Crippen LogP contribution in [0.4, 0.5) is 5.69 Å². The van der Waals surface area contributed by atoms with E-state index in [0.717, 1.165) is 16.5 Å². The van der Waals surface area contributed by atoms with Crippen molar-refractivity contribution in [3.63, 3.8) is 0 Å². The van der Waals surface area contributed by atoms with Gasteiger partial charge in [-0.3, -0.25) is 14.9 Å². The Morgan fingerprint density at radius 3 is 2.49 bits per heavy atom. The van der Waals surface area contributed by atoms with E-state index in [-0.39, 0.29) is 47.7 Å². The first kappa shape index (κ1) is 26.4. The van der Waals surface area contributed by atoms with E-state index in [4.69, 9.17) is 19.2 Å². The normalized spacial score (nSPS) is 17.8. The molecule has 2 unspecified atom stereocenters. The number of nitro groups is 1. The predicted molar refractivity (Wildman–Crippen MR) is 144 cm³/mol. The molecule has 41 heavy (non-hydrogen) atoms. The number of non-ortho nitro benzene ring substituents is 1. The lowest BCUT2D eigenvalue weighted by atomic mass is 9.86. The molecule has 0 amide bonds. The molecule has 2 aliphatic rings. The average Bonchev–Trinajstić information content (AvgIpc) is 3.32. The van der Waals surface area contributed by atoms with E-state index in [1.807, 2.05) is 6.92 Å². The molecule has 0 radical (unpaired) electrons. The molecule has 4 heterocycles. The van der Waals surface area contributed by atoms with Gasteiger partial charge in [-0.25, -0.2) is 9.78 Å². The van der Waals surface area contributed by atoms with Crippen LogP contribution in [0.3, 0.4) is 0 Å². The summed E-state index contributed by atoms with van der Waals surface area (Å²) in [7, 11) is 0. The van der Waals surface area contributed by atoms with Crippen molar-refractivity contribution < 1.29 is 34.1 Å². The minimum Gasteiger partial charge on any atom is -0.458 e. The van der Waals surface area contributed by atoms with Crippen molar-refractivity contribution in [3.8, 4) is 22.9 Å². The number of pyridine rings is 2. The van der Waals surface area contributed by atoms with Crippen molar-refractivity contribution in [1.29, 1.82) is 0 Å². The Hall–Kier alpha value is -4.81. The van der Waals surface area contributed by atoms with Crippen LogP contribution >= 0.6 is 0 Å². The minimum atomic E-state index is -1.90. The number of hydrogen-bond acceptors (Lipinski definition) is 10. The number of benzene rings is 2. The quantitative estimate of drug-likeness (QED) is 0.131. The number of hydrogen-bond donors (Lipinski definition) is 2. The van der Waals surface area contributed by atoms with Gasteiger partial charge in [-0.05, 0) is 54.8 Å². The molecule has 0 fully saturated rings. The number of nitro benzene ring substituents is 1. The first-order valence-electron chi connectivity index (χ1n) is 13.0. The number of aliphatic hydroxyl groups is 2. The molecule has 0 saturated heterocycles. The Labute approximate surface area is 232 Å². The number of cyclic esters (lactones) is 1. The molecule has 12 nitrogen and oxygen atoms in total. The number of carbonyl (C=O) groups is 1. The van der Waals surface area contributed by atoms with Gasteiger partial charge in [-0.1, -0.05) is 13.8 Å². The second-order valence-electron chi connectivity index (χ2n) is 9.85. The van der Waals surface area contributed by atoms with Gasteiger partial charge in [0.05, 0.1) is 33.9 Å². The summed E-state index contributed by atoms with van der Waals surface area (Å²) in [4.78, 5) is 41.1. The van der Waals surface area contributed by atoms with Gasteiger partial charge in [0.15, 0.2) is 5.60 Å². The molecule has 4 aromatic rings. The molecule has 2 aromatic carbocycles. The third-order valence-electron chi connectivity index (χ3n) is 7.65. The minimum absolute atomic E-state index is 0.0580. The summed E-state index contributed by atoms with van der Waals surface area (Å²) in [6, 6.07) is 12.0. The van der Waals surface area contributed by atoms with Crippen LogP contribution in [0.5, 0.6) is 11.5 Å². The van der Waals surface area contributed by atoms with E-state index < -0.39 is 23.0 Å². The van der Waals surface area contributed by atoms with Crippen LogP contribution in [0.2, 0.25) is 0 Å². The van der Waals surface area contributed by atoms with Crippen LogP contribution in [0, 0.1) is 10.1 Å². The third-order valence-corrected chi connectivity index (χ3v) is 7.65. The second kappa shape index (κ2) is 9.68. The lowest BCUT2D eigenvalue weighted by Crippen LogP contribution is -2.44. The first-order valence-corrected chi connectivity index (χ1v) is 13.0. The predicted octanol–water partition coefficient (Wildman–Crippen LogP) is 3.28. The van der Waals surface area contributed by atoms with Gasteiger partial charge in [-0.15, -0.1) is 0 Å². The summed E-state index contributed by atoms with van der Waals surface area (Å²) in [5.74, 6) is -0.288. The van der Waals surface area contributed by atoms with Crippen LogP contribution in [0.15, 0.2) is 53.3 Å². The van der Waals surface area contributed by atoms with E-state index >= 15 is 0 Å². The van der Waals surface area contributed by atoms with Crippen molar-refractivity contribution in [2.45, 2.75) is 51.9 Å². The summed E-state index contributed by atoms with van der Waals surface area (Å²) in [5, 5.41) is 33.0. The van der Waals surface area contributed by atoms with Gasteiger partial charge < -0.3 is 29.0 Å². The zero-order chi connectivity index (χ0) is 29.1. The molecule has 0 bridgehead atoms. The number of aliphatic hydroxyl groups excluding tert-OH is 1. The van der Waals surface area contributed by atoms with Crippen molar-refractivity contribution in [1.82, 2.24) is 9.55 Å². The Morgan fingerprint density at radius 1 is 1.10 bits per heavy atom. The molecule has 2 aliphatic heterocycles. The fourth-order valence-corrected chi connectivity index (χ4v) is 5.52. The number of nitrogens with zero attached hydrogens (tertiary/aromatic N) is 3. The zero-order valence-electron chi connectivity index (χ0n) is 22.1. The van der Waals surface area contributed by atoms with Gasteiger partial charge >= 0.3 is 12.4 Å². The number of carbonyl (C=O) groups excluding carboxylic acids is 1. The highest BCUT2D eigenvalue weighted by atomic mass is 16.8. The number of rotatable bonds is 7. The topological polar surface area (TPSA) is 163 Å². The average molecular weight is 560 g/mol. The Bertz CT molecular complexity index is 1800. The summed E-state index contributed by atoms with van der Waals surface area (Å²) < 4.78 is 17.6. The van der Waals surface area contributed by atoms with Crippen molar-refractivity contribution in [3.05, 3.63) is 91.3 Å². The standard InChI is InChI=1S/C29H25N3O9/c1-3-18-19-11-17(41-28(35)40-16-7-5-15(6-8-16)32(37)38)9-10-23(19)30-25-20(18)13-31-24(25)12-22-21(26(31)33)14-39-27(34)29(22,36)4-2/h5-12,28,35-36H,3-4,13-14H2,1-2H3. The van der Waals surface area contributed by atoms with Crippen LogP contribution in [0.1, 0.15) is 42.5 Å².